The highest BCUT2D eigenvalue weighted by atomic mass is 16.6. The third kappa shape index (κ3) is 3.10. The molecule has 1 heterocycles. The van der Waals surface area contributed by atoms with Gasteiger partial charge < -0.3 is 25.0 Å². The van der Waals surface area contributed by atoms with E-state index >= 15 is 0 Å². The Hall–Kier alpha value is -1.62. The number of nitrogen functional groups attached to an aromatic ring is 1. The molecule has 1 aromatic rings. The first-order valence-corrected chi connectivity index (χ1v) is 7.13. The highest BCUT2D eigenvalue weighted by Gasteiger charge is 2.20. The van der Waals surface area contributed by atoms with Gasteiger partial charge in [0.15, 0.2) is 11.5 Å². The molecule has 0 amide bonds. The molecule has 5 nitrogen and oxygen atoms in total. The van der Waals surface area contributed by atoms with Crippen LogP contribution in [0.15, 0.2) is 12.1 Å². The summed E-state index contributed by atoms with van der Waals surface area (Å²) in [6.45, 7) is 7.40. The van der Waals surface area contributed by atoms with Crippen LogP contribution < -0.4 is 20.1 Å². The number of rotatable bonds is 5. The second-order valence-electron chi connectivity index (χ2n) is 5.45. The van der Waals surface area contributed by atoms with Crippen LogP contribution in [0, 0.1) is 0 Å². The Kier molecular flexibility index (Phi) is 4.60. The lowest BCUT2D eigenvalue weighted by atomic mass is 10.1. The lowest BCUT2D eigenvalue weighted by molar-refractivity contribution is 0.171. The second kappa shape index (κ2) is 6.22. The van der Waals surface area contributed by atoms with Crippen LogP contribution in [0.3, 0.4) is 0 Å². The first kappa shape index (κ1) is 14.8. The van der Waals surface area contributed by atoms with Crippen LogP contribution in [0.5, 0.6) is 11.5 Å². The average molecular weight is 279 g/mol. The number of likely N-dealkylation sites (N-methyl/N-ethyl adjacent to an activating group) is 2. The summed E-state index contributed by atoms with van der Waals surface area (Å²) in [5, 5.41) is 0. The normalized spacial score (nSPS) is 15.2. The molecule has 2 N–H and O–H groups in total. The zero-order valence-electron chi connectivity index (χ0n) is 12.8. The van der Waals surface area contributed by atoms with Crippen molar-refractivity contribution < 1.29 is 9.47 Å². The Balaban J connectivity index is 2.29. The highest BCUT2D eigenvalue weighted by Crippen LogP contribution is 2.39. The van der Waals surface area contributed by atoms with Crippen molar-refractivity contribution >= 4 is 11.4 Å². The standard InChI is InChI=1S/C15H25N3O2/c1-5-18(11(2)10-17(3)4)13-9-15-14(8-12(13)16)19-6-7-20-15/h8-9,11H,5-7,10,16H2,1-4H3. The van der Waals surface area contributed by atoms with Crippen LogP contribution in [0.25, 0.3) is 0 Å². The molecule has 0 fully saturated rings. The molecule has 0 spiro atoms. The van der Waals surface area contributed by atoms with Gasteiger partial charge in [0, 0.05) is 31.3 Å². The highest BCUT2D eigenvalue weighted by molar-refractivity contribution is 5.73. The average Bonchev–Trinajstić information content (AvgIpc) is 2.39. The fourth-order valence-corrected chi connectivity index (χ4v) is 2.69. The zero-order valence-corrected chi connectivity index (χ0v) is 12.8. The molecule has 1 aliphatic heterocycles. The number of anilines is 2. The molecule has 0 bridgehead atoms. The number of nitrogens with zero attached hydrogens (tertiary/aromatic N) is 2. The summed E-state index contributed by atoms with van der Waals surface area (Å²) >= 11 is 0. The summed E-state index contributed by atoms with van der Waals surface area (Å²) in [4.78, 5) is 4.48. The van der Waals surface area contributed by atoms with E-state index in [0.29, 0.717) is 19.3 Å². The Bertz CT molecular complexity index is 463. The van der Waals surface area contributed by atoms with Gasteiger partial charge >= 0.3 is 0 Å². The topological polar surface area (TPSA) is 51.0 Å². The van der Waals surface area contributed by atoms with Crippen molar-refractivity contribution in [2.45, 2.75) is 19.9 Å². The predicted octanol–water partition coefficient (Wildman–Crippen LogP) is 1.82. The van der Waals surface area contributed by atoms with Crippen molar-refractivity contribution in [2.24, 2.45) is 0 Å². The zero-order chi connectivity index (χ0) is 14.7. The van der Waals surface area contributed by atoms with Crippen LogP contribution in [-0.2, 0) is 0 Å². The monoisotopic (exact) mass is 279 g/mol. The van der Waals surface area contributed by atoms with Gasteiger partial charge in [-0.3, -0.25) is 0 Å². The van der Waals surface area contributed by atoms with Crippen LogP contribution in [-0.4, -0.2) is 51.3 Å². The summed E-state index contributed by atoms with van der Waals surface area (Å²) in [6, 6.07) is 4.24. The number of fused-ring (bicyclic) bond motifs is 1. The largest absolute Gasteiger partial charge is 0.486 e. The number of hydrogen-bond donors (Lipinski definition) is 1. The Morgan fingerprint density at radius 1 is 1.20 bits per heavy atom. The van der Waals surface area contributed by atoms with Crippen molar-refractivity contribution in [2.75, 3.05) is 51.0 Å². The molecule has 112 valence electrons. The molecule has 0 radical (unpaired) electrons. The molecule has 0 saturated carbocycles. The minimum atomic E-state index is 0.375. The SMILES string of the molecule is CCN(c1cc2c(cc1N)OCCO2)C(C)CN(C)C. The quantitative estimate of drug-likeness (QED) is 0.833. The van der Waals surface area contributed by atoms with E-state index in [1.54, 1.807) is 0 Å². The Morgan fingerprint density at radius 3 is 2.35 bits per heavy atom. The van der Waals surface area contributed by atoms with E-state index in [-0.39, 0.29) is 0 Å². The first-order valence-electron chi connectivity index (χ1n) is 7.13. The van der Waals surface area contributed by atoms with Crippen LogP contribution in [0.4, 0.5) is 11.4 Å². The fourth-order valence-electron chi connectivity index (χ4n) is 2.69. The van der Waals surface area contributed by atoms with E-state index in [1.165, 1.54) is 0 Å². The van der Waals surface area contributed by atoms with Crippen LogP contribution in [0.1, 0.15) is 13.8 Å². The molecule has 1 unspecified atom stereocenters. The van der Waals surface area contributed by atoms with Gasteiger partial charge in [0.1, 0.15) is 13.2 Å². The van der Waals surface area contributed by atoms with E-state index in [9.17, 15) is 0 Å². The smallest absolute Gasteiger partial charge is 0.163 e. The van der Waals surface area contributed by atoms with Crippen molar-refractivity contribution in [3.8, 4) is 11.5 Å². The lowest BCUT2D eigenvalue weighted by Gasteiger charge is -2.33. The molecule has 5 heteroatoms. The Morgan fingerprint density at radius 2 is 1.80 bits per heavy atom. The summed E-state index contributed by atoms with van der Waals surface area (Å²) in [6.07, 6.45) is 0. The molecule has 0 aromatic heterocycles. The van der Waals surface area contributed by atoms with E-state index in [2.05, 4.69) is 37.7 Å². The molecule has 1 atom stereocenters. The maximum Gasteiger partial charge on any atom is 0.163 e. The third-order valence-corrected chi connectivity index (χ3v) is 3.50. The molecular formula is C15H25N3O2. The molecule has 1 aliphatic rings. The van der Waals surface area contributed by atoms with Crippen LogP contribution >= 0.6 is 0 Å². The van der Waals surface area contributed by atoms with Crippen molar-refractivity contribution in [1.82, 2.24) is 4.90 Å². The molecule has 20 heavy (non-hydrogen) atoms. The molecular weight excluding hydrogens is 254 g/mol. The van der Waals surface area contributed by atoms with Gasteiger partial charge in [-0.1, -0.05) is 0 Å². The molecule has 0 aliphatic carbocycles. The predicted molar refractivity (Wildman–Crippen MR) is 82.9 cm³/mol. The van der Waals surface area contributed by atoms with E-state index in [1.807, 2.05) is 12.1 Å². The van der Waals surface area contributed by atoms with Crippen LogP contribution in [0.2, 0.25) is 0 Å². The summed E-state index contributed by atoms with van der Waals surface area (Å²) in [5.41, 5.74) is 7.96. The van der Waals surface area contributed by atoms with E-state index < -0.39 is 0 Å². The van der Waals surface area contributed by atoms with Crippen molar-refractivity contribution in [3.63, 3.8) is 0 Å². The van der Waals surface area contributed by atoms with Crippen molar-refractivity contribution in [3.05, 3.63) is 12.1 Å². The van der Waals surface area contributed by atoms with Gasteiger partial charge in [-0.15, -0.1) is 0 Å². The van der Waals surface area contributed by atoms with Gasteiger partial charge in [-0.2, -0.15) is 0 Å². The van der Waals surface area contributed by atoms with Gasteiger partial charge in [0.2, 0.25) is 0 Å². The minimum absolute atomic E-state index is 0.375. The minimum Gasteiger partial charge on any atom is -0.486 e. The summed E-state index contributed by atoms with van der Waals surface area (Å²) < 4.78 is 11.2. The maximum absolute atomic E-state index is 6.20. The van der Waals surface area contributed by atoms with Gasteiger partial charge in [0.25, 0.3) is 0 Å². The Labute approximate surface area is 121 Å². The number of hydrogen-bond acceptors (Lipinski definition) is 5. The molecule has 2 rings (SSSR count). The van der Waals surface area contributed by atoms with Gasteiger partial charge in [-0.05, 0) is 27.9 Å². The van der Waals surface area contributed by atoms with Crippen molar-refractivity contribution in [1.29, 1.82) is 0 Å². The molecule has 0 saturated heterocycles. The summed E-state index contributed by atoms with van der Waals surface area (Å²) in [7, 11) is 4.16. The second-order valence-corrected chi connectivity index (χ2v) is 5.45. The fraction of sp³-hybridized carbons (Fsp3) is 0.600. The number of nitrogens with two attached hydrogens (primary N) is 1. The van der Waals surface area contributed by atoms with Gasteiger partial charge in [-0.25, -0.2) is 0 Å². The molecule has 1 aromatic carbocycles. The maximum atomic E-state index is 6.20. The van der Waals surface area contributed by atoms with E-state index in [4.69, 9.17) is 15.2 Å². The summed E-state index contributed by atoms with van der Waals surface area (Å²) in [5.74, 6) is 1.53. The van der Waals surface area contributed by atoms with Gasteiger partial charge in [0.05, 0.1) is 11.4 Å². The first-order chi connectivity index (χ1) is 9.52. The third-order valence-electron chi connectivity index (χ3n) is 3.50. The number of ether oxygens (including phenoxy) is 2. The van der Waals surface area contributed by atoms with E-state index in [0.717, 1.165) is 36.0 Å². The lowest BCUT2D eigenvalue weighted by Crippen LogP contribution is -2.40. The number of benzene rings is 1.